The second-order valence-electron chi connectivity index (χ2n) is 6.86. The number of benzene rings is 1. The van der Waals surface area contributed by atoms with Crippen LogP contribution in [0.4, 0.5) is 4.79 Å². The van der Waals surface area contributed by atoms with E-state index in [0.29, 0.717) is 50.5 Å². The minimum atomic E-state index is -0.894. The van der Waals surface area contributed by atoms with Crippen molar-refractivity contribution < 1.29 is 23.9 Å². The maximum Gasteiger partial charge on any atom is 0.325 e. The van der Waals surface area contributed by atoms with Crippen molar-refractivity contribution in [3.8, 4) is 11.5 Å². The summed E-state index contributed by atoms with van der Waals surface area (Å²) >= 11 is 0. The Hall–Kier alpha value is -2.77. The first-order valence-corrected chi connectivity index (χ1v) is 10.2. The summed E-state index contributed by atoms with van der Waals surface area (Å²) in [5, 5.41) is 5.49. The molecular weight excluding hydrogens is 374 g/mol. The molecule has 0 bridgehead atoms. The highest BCUT2D eigenvalue weighted by Gasteiger charge is 2.49. The van der Waals surface area contributed by atoms with Crippen molar-refractivity contribution in [1.29, 1.82) is 0 Å². The van der Waals surface area contributed by atoms with Gasteiger partial charge >= 0.3 is 6.03 Å². The van der Waals surface area contributed by atoms with Crippen LogP contribution in [0.2, 0.25) is 0 Å². The Bertz CT molecular complexity index is 746. The molecule has 0 saturated carbocycles. The SMILES string of the molecule is CCOc1ccc(CCNC(=O)CN2C(=O)NC(CC)(CC)C2=O)cc1OCC. The molecule has 2 N–H and O–H groups in total. The Morgan fingerprint density at radius 2 is 1.72 bits per heavy atom. The van der Waals surface area contributed by atoms with Gasteiger partial charge in [0.25, 0.3) is 5.91 Å². The monoisotopic (exact) mass is 405 g/mol. The lowest BCUT2D eigenvalue weighted by molar-refractivity contribution is -0.135. The zero-order chi connectivity index (χ0) is 21.4. The molecular formula is C21H31N3O5. The van der Waals surface area contributed by atoms with Crippen molar-refractivity contribution in [1.82, 2.24) is 15.5 Å². The van der Waals surface area contributed by atoms with Gasteiger partial charge in [0.2, 0.25) is 5.91 Å². The molecule has 160 valence electrons. The first-order valence-electron chi connectivity index (χ1n) is 10.2. The Morgan fingerprint density at radius 1 is 1.07 bits per heavy atom. The highest BCUT2D eigenvalue weighted by Crippen LogP contribution is 2.28. The number of ether oxygens (including phenoxy) is 2. The largest absolute Gasteiger partial charge is 0.490 e. The number of rotatable bonds is 11. The van der Waals surface area contributed by atoms with E-state index in [1.165, 1.54) is 0 Å². The lowest BCUT2D eigenvalue weighted by Crippen LogP contribution is -2.46. The number of carbonyl (C=O) groups excluding carboxylic acids is 3. The van der Waals surface area contributed by atoms with E-state index >= 15 is 0 Å². The number of hydrogen-bond acceptors (Lipinski definition) is 5. The van der Waals surface area contributed by atoms with Crippen molar-refractivity contribution in [2.75, 3.05) is 26.3 Å². The summed E-state index contributed by atoms with van der Waals surface area (Å²) in [5.74, 6) is 0.659. The first-order chi connectivity index (χ1) is 13.9. The van der Waals surface area contributed by atoms with Crippen LogP contribution in [-0.4, -0.2) is 54.6 Å². The van der Waals surface area contributed by atoms with Crippen LogP contribution < -0.4 is 20.1 Å². The first kappa shape index (κ1) is 22.5. The average molecular weight is 405 g/mol. The van der Waals surface area contributed by atoms with Crippen molar-refractivity contribution in [3.63, 3.8) is 0 Å². The topological polar surface area (TPSA) is 97.0 Å². The number of urea groups is 1. The number of hydrogen-bond donors (Lipinski definition) is 2. The number of nitrogens with zero attached hydrogens (tertiary/aromatic N) is 1. The van der Waals surface area contributed by atoms with E-state index in [0.717, 1.165) is 10.5 Å². The van der Waals surface area contributed by atoms with Gasteiger partial charge in [-0.15, -0.1) is 0 Å². The predicted molar refractivity (Wildman–Crippen MR) is 109 cm³/mol. The smallest absolute Gasteiger partial charge is 0.325 e. The van der Waals surface area contributed by atoms with E-state index < -0.39 is 11.6 Å². The molecule has 4 amide bonds. The van der Waals surface area contributed by atoms with Gasteiger partial charge in [-0.2, -0.15) is 0 Å². The Morgan fingerprint density at radius 3 is 2.31 bits per heavy atom. The molecule has 0 spiro atoms. The molecule has 8 heteroatoms. The van der Waals surface area contributed by atoms with Crippen LogP contribution in [0.3, 0.4) is 0 Å². The number of carbonyl (C=O) groups is 3. The Kier molecular flexibility index (Phi) is 7.87. The van der Waals surface area contributed by atoms with Crippen molar-refractivity contribution in [3.05, 3.63) is 23.8 Å². The molecule has 1 aromatic rings. The van der Waals surface area contributed by atoms with E-state index in [-0.39, 0.29) is 18.4 Å². The molecule has 0 atom stereocenters. The summed E-state index contributed by atoms with van der Waals surface area (Å²) in [4.78, 5) is 37.9. The van der Waals surface area contributed by atoms with E-state index in [2.05, 4.69) is 10.6 Å². The Labute approximate surface area is 171 Å². The third-order valence-corrected chi connectivity index (χ3v) is 5.10. The third-order valence-electron chi connectivity index (χ3n) is 5.10. The quantitative estimate of drug-likeness (QED) is 0.551. The van der Waals surface area contributed by atoms with Crippen LogP contribution in [0.15, 0.2) is 18.2 Å². The van der Waals surface area contributed by atoms with E-state index in [9.17, 15) is 14.4 Å². The van der Waals surface area contributed by atoms with Crippen molar-refractivity contribution in [2.24, 2.45) is 0 Å². The molecule has 0 radical (unpaired) electrons. The van der Waals surface area contributed by atoms with Gasteiger partial charge in [-0.3, -0.25) is 14.5 Å². The highest BCUT2D eigenvalue weighted by molar-refractivity contribution is 6.08. The second-order valence-corrected chi connectivity index (χ2v) is 6.86. The van der Waals surface area contributed by atoms with Crippen LogP contribution >= 0.6 is 0 Å². The molecule has 1 aliphatic heterocycles. The minimum Gasteiger partial charge on any atom is -0.490 e. The fourth-order valence-electron chi connectivity index (χ4n) is 3.35. The van der Waals surface area contributed by atoms with Crippen LogP contribution in [0.5, 0.6) is 11.5 Å². The number of imide groups is 1. The zero-order valence-electron chi connectivity index (χ0n) is 17.7. The van der Waals surface area contributed by atoms with Gasteiger partial charge in [-0.05, 0) is 50.8 Å². The molecule has 29 heavy (non-hydrogen) atoms. The van der Waals surface area contributed by atoms with E-state index in [4.69, 9.17) is 9.47 Å². The molecule has 1 aromatic carbocycles. The summed E-state index contributed by atoms with van der Waals surface area (Å²) in [6.45, 7) is 8.70. The average Bonchev–Trinajstić information content (AvgIpc) is 2.95. The van der Waals surface area contributed by atoms with Crippen LogP contribution in [-0.2, 0) is 16.0 Å². The van der Waals surface area contributed by atoms with Gasteiger partial charge in [0.05, 0.1) is 13.2 Å². The van der Waals surface area contributed by atoms with Crippen molar-refractivity contribution in [2.45, 2.75) is 52.5 Å². The lowest BCUT2D eigenvalue weighted by Gasteiger charge is -2.23. The van der Waals surface area contributed by atoms with Crippen molar-refractivity contribution >= 4 is 17.8 Å². The summed E-state index contributed by atoms with van der Waals surface area (Å²) in [5.41, 5.74) is 0.0955. The van der Waals surface area contributed by atoms with E-state index in [1.54, 1.807) is 0 Å². The molecule has 1 fully saturated rings. The maximum absolute atomic E-state index is 12.6. The fraction of sp³-hybridized carbons (Fsp3) is 0.571. The van der Waals surface area contributed by atoms with Gasteiger partial charge in [0.1, 0.15) is 12.1 Å². The van der Waals surface area contributed by atoms with Gasteiger partial charge in [-0.1, -0.05) is 19.9 Å². The van der Waals surface area contributed by atoms with Gasteiger partial charge in [-0.25, -0.2) is 4.79 Å². The molecule has 8 nitrogen and oxygen atoms in total. The van der Waals surface area contributed by atoms with Crippen LogP contribution in [0.1, 0.15) is 46.1 Å². The van der Waals surface area contributed by atoms with Gasteiger partial charge in [0, 0.05) is 6.54 Å². The zero-order valence-corrected chi connectivity index (χ0v) is 17.7. The summed E-state index contributed by atoms with van der Waals surface area (Å²) in [6, 6.07) is 5.17. The predicted octanol–water partition coefficient (Wildman–Crippen LogP) is 2.25. The molecule has 0 aromatic heterocycles. The summed E-state index contributed by atoms with van der Waals surface area (Å²) in [6.07, 6.45) is 1.57. The molecule has 1 aliphatic rings. The molecule has 0 aliphatic carbocycles. The molecule has 2 rings (SSSR count). The van der Waals surface area contributed by atoms with Crippen LogP contribution in [0, 0.1) is 0 Å². The summed E-state index contributed by atoms with van der Waals surface area (Å²) in [7, 11) is 0. The normalized spacial score (nSPS) is 15.2. The van der Waals surface area contributed by atoms with Crippen LogP contribution in [0.25, 0.3) is 0 Å². The minimum absolute atomic E-state index is 0.278. The second kappa shape index (κ2) is 10.1. The Balaban J connectivity index is 1.89. The molecule has 1 saturated heterocycles. The number of amides is 4. The highest BCUT2D eigenvalue weighted by atomic mass is 16.5. The standard InChI is InChI=1S/C21H31N3O5/c1-5-21(6-2)19(26)24(20(27)23-21)14-18(25)22-12-11-15-9-10-16(28-7-3)17(13-15)29-8-4/h9-10,13H,5-8,11-12,14H2,1-4H3,(H,22,25)(H,23,27). The molecule has 1 heterocycles. The number of nitrogens with one attached hydrogen (secondary N) is 2. The molecule has 0 unspecified atom stereocenters. The lowest BCUT2D eigenvalue weighted by atomic mass is 9.93. The van der Waals surface area contributed by atoms with Gasteiger partial charge in [0.15, 0.2) is 11.5 Å². The van der Waals surface area contributed by atoms with E-state index in [1.807, 2.05) is 45.9 Å². The maximum atomic E-state index is 12.6. The fourth-order valence-corrected chi connectivity index (χ4v) is 3.35. The summed E-state index contributed by atoms with van der Waals surface area (Å²) < 4.78 is 11.2. The third kappa shape index (κ3) is 5.19. The van der Waals surface area contributed by atoms with Gasteiger partial charge < -0.3 is 20.1 Å².